The van der Waals surface area contributed by atoms with Crippen LogP contribution < -0.4 is 4.74 Å². The predicted molar refractivity (Wildman–Crippen MR) is 71.7 cm³/mol. The minimum absolute atomic E-state index is 0.233. The number of hydrogen-bond donors (Lipinski definition) is 0. The largest absolute Gasteiger partial charge is 0.492 e. The first-order chi connectivity index (χ1) is 8.05. The molecule has 2 heteroatoms. The van der Waals surface area contributed by atoms with Crippen LogP contribution >= 0.6 is 0 Å². The van der Waals surface area contributed by atoms with Gasteiger partial charge in [-0.25, -0.2) is 0 Å². The summed E-state index contributed by atoms with van der Waals surface area (Å²) in [4.78, 5) is 2.36. The minimum Gasteiger partial charge on any atom is -0.492 e. The lowest BCUT2D eigenvalue weighted by Crippen LogP contribution is -2.58. The Balaban J connectivity index is 1.99. The maximum absolute atomic E-state index is 5.94. The van der Waals surface area contributed by atoms with E-state index in [9.17, 15) is 0 Å². The molecule has 1 aliphatic rings. The van der Waals surface area contributed by atoms with Gasteiger partial charge in [0.15, 0.2) is 0 Å². The summed E-state index contributed by atoms with van der Waals surface area (Å²) in [5, 5.41) is 0. The third-order valence-corrected chi connectivity index (χ3v) is 4.16. The molecule has 17 heavy (non-hydrogen) atoms. The molecule has 1 unspecified atom stereocenters. The van der Waals surface area contributed by atoms with Gasteiger partial charge < -0.3 is 4.74 Å². The van der Waals surface area contributed by atoms with E-state index >= 15 is 0 Å². The molecule has 0 aliphatic carbocycles. The number of likely N-dealkylation sites (tertiary alicyclic amines) is 1. The first-order valence-electron chi connectivity index (χ1n) is 6.49. The fourth-order valence-electron chi connectivity index (χ4n) is 2.26. The molecule has 1 aromatic carbocycles. The van der Waals surface area contributed by atoms with Gasteiger partial charge in [-0.1, -0.05) is 13.0 Å². The fraction of sp³-hybridized carbons (Fsp3) is 0.600. The van der Waals surface area contributed by atoms with E-state index < -0.39 is 0 Å². The van der Waals surface area contributed by atoms with Crippen molar-refractivity contribution in [1.29, 1.82) is 0 Å². The predicted octanol–water partition coefficient (Wildman–Crippen LogP) is 3.03. The van der Waals surface area contributed by atoms with E-state index in [1.54, 1.807) is 0 Å². The van der Waals surface area contributed by atoms with E-state index in [2.05, 4.69) is 50.9 Å². The Bertz CT molecular complexity index is 402. The van der Waals surface area contributed by atoms with Gasteiger partial charge in [-0.3, -0.25) is 4.90 Å². The van der Waals surface area contributed by atoms with E-state index in [1.165, 1.54) is 24.1 Å². The van der Waals surface area contributed by atoms with E-state index in [0.717, 1.165) is 18.8 Å². The fourth-order valence-corrected chi connectivity index (χ4v) is 2.26. The Hall–Kier alpha value is -1.02. The van der Waals surface area contributed by atoms with Crippen LogP contribution in [0.2, 0.25) is 0 Å². The number of nitrogens with zero attached hydrogens (tertiary/aromatic N) is 1. The van der Waals surface area contributed by atoms with Crippen LogP contribution in [0.3, 0.4) is 0 Å². The normalized spacial score (nSPS) is 24.5. The van der Waals surface area contributed by atoms with Crippen molar-refractivity contribution < 1.29 is 4.74 Å². The van der Waals surface area contributed by atoms with Crippen LogP contribution in [0.25, 0.3) is 0 Å². The zero-order valence-corrected chi connectivity index (χ0v) is 11.4. The van der Waals surface area contributed by atoms with Crippen LogP contribution in [-0.4, -0.2) is 30.6 Å². The van der Waals surface area contributed by atoms with Crippen molar-refractivity contribution in [3.8, 4) is 5.75 Å². The van der Waals surface area contributed by atoms with Crippen molar-refractivity contribution in [1.82, 2.24) is 4.90 Å². The Labute approximate surface area is 105 Å². The molecule has 0 saturated carbocycles. The van der Waals surface area contributed by atoms with E-state index in [0.29, 0.717) is 0 Å². The van der Waals surface area contributed by atoms with Crippen molar-refractivity contribution in [3.63, 3.8) is 0 Å². The maximum Gasteiger partial charge on any atom is 0.119 e. The molecule has 94 valence electrons. The summed E-state index contributed by atoms with van der Waals surface area (Å²) < 4.78 is 5.94. The Morgan fingerprint density at radius 1 is 1.41 bits per heavy atom. The average Bonchev–Trinajstić information content (AvgIpc) is 2.35. The molecule has 1 heterocycles. The molecule has 0 amide bonds. The molecule has 2 nitrogen and oxygen atoms in total. The van der Waals surface area contributed by atoms with Gasteiger partial charge in [-0.15, -0.1) is 0 Å². The van der Waals surface area contributed by atoms with Crippen molar-refractivity contribution in [2.45, 2.75) is 39.2 Å². The highest BCUT2D eigenvalue weighted by atomic mass is 16.5. The summed E-state index contributed by atoms with van der Waals surface area (Å²) in [6.07, 6.45) is 2.30. The summed E-state index contributed by atoms with van der Waals surface area (Å²) in [7, 11) is 2.17. The van der Waals surface area contributed by atoms with E-state index in [-0.39, 0.29) is 5.54 Å². The van der Waals surface area contributed by atoms with E-state index in [4.69, 9.17) is 4.74 Å². The summed E-state index contributed by atoms with van der Waals surface area (Å²) >= 11 is 0. The number of ether oxygens (including phenoxy) is 1. The topological polar surface area (TPSA) is 12.5 Å². The molecule has 2 rings (SSSR count). The Kier molecular flexibility index (Phi) is 3.43. The molecule has 0 radical (unpaired) electrons. The number of hydrogen-bond acceptors (Lipinski definition) is 2. The monoisotopic (exact) mass is 233 g/mol. The molecule has 1 atom stereocenters. The van der Waals surface area contributed by atoms with Gasteiger partial charge in [0.1, 0.15) is 12.4 Å². The number of likely N-dealkylation sites (N-methyl/N-ethyl adjacent to an activating group) is 1. The quantitative estimate of drug-likeness (QED) is 0.792. The first kappa shape index (κ1) is 12.4. The minimum atomic E-state index is 0.233. The Morgan fingerprint density at radius 2 is 2.18 bits per heavy atom. The molecule has 0 spiro atoms. The lowest BCUT2D eigenvalue weighted by Gasteiger charge is -2.48. The molecule has 1 aromatic rings. The van der Waals surface area contributed by atoms with Crippen LogP contribution in [0.4, 0.5) is 0 Å². The molecule has 0 aromatic heterocycles. The van der Waals surface area contributed by atoms with Crippen LogP contribution in [0, 0.1) is 6.92 Å². The zero-order valence-electron chi connectivity index (χ0n) is 11.4. The van der Waals surface area contributed by atoms with Crippen molar-refractivity contribution in [2.24, 2.45) is 0 Å². The van der Waals surface area contributed by atoms with Crippen LogP contribution in [0.5, 0.6) is 5.75 Å². The highest BCUT2D eigenvalue weighted by molar-refractivity contribution is 5.34. The number of benzene rings is 1. The van der Waals surface area contributed by atoms with Crippen LogP contribution in [0.1, 0.15) is 31.4 Å². The highest BCUT2D eigenvalue weighted by Crippen LogP contribution is 2.29. The third kappa shape index (κ3) is 2.47. The molecule has 1 fully saturated rings. The third-order valence-electron chi connectivity index (χ3n) is 4.16. The maximum atomic E-state index is 5.94. The van der Waals surface area contributed by atoms with Gasteiger partial charge in [-0.2, -0.15) is 0 Å². The molecule has 1 aliphatic heterocycles. The SMILES string of the molecule is CCc1cc(OCC2(C)CCN2C)ccc1C. The van der Waals surface area contributed by atoms with Gasteiger partial charge in [0.2, 0.25) is 0 Å². The number of aryl methyl sites for hydroxylation is 2. The second kappa shape index (κ2) is 4.69. The van der Waals surface area contributed by atoms with Crippen molar-refractivity contribution in [3.05, 3.63) is 29.3 Å². The molecular weight excluding hydrogens is 210 g/mol. The van der Waals surface area contributed by atoms with Gasteiger partial charge >= 0.3 is 0 Å². The summed E-state index contributed by atoms with van der Waals surface area (Å²) in [5.41, 5.74) is 2.97. The van der Waals surface area contributed by atoms with E-state index in [1.807, 2.05) is 0 Å². The average molecular weight is 233 g/mol. The Morgan fingerprint density at radius 3 is 2.71 bits per heavy atom. The lowest BCUT2D eigenvalue weighted by atomic mass is 9.88. The van der Waals surface area contributed by atoms with Crippen LogP contribution in [0.15, 0.2) is 18.2 Å². The summed E-state index contributed by atoms with van der Waals surface area (Å²) in [6, 6.07) is 6.41. The van der Waals surface area contributed by atoms with Gasteiger partial charge in [0, 0.05) is 6.54 Å². The standard InChI is InChI=1S/C15H23NO/c1-5-13-10-14(7-6-12(13)2)17-11-15(3)8-9-16(15)4/h6-7,10H,5,8-9,11H2,1-4H3. The first-order valence-corrected chi connectivity index (χ1v) is 6.49. The molecule has 0 N–H and O–H groups in total. The molecule has 0 bridgehead atoms. The second-order valence-corrected chi connectivity index (χ2v) is 5.40. The van der Waals surface area contributed by atoms with Gasteiger partial charge in [0.05, 0.1) is 5.54 Å². The summed E-state index contributed by atoms with van der Waals surface area (Å²) in [5.74, 6) is 1.01. The lowest BCUT2D eigenvalue weighted by molar-refractivity contribution is -0.0109. The van der Waals surface area contributed by atoms with Gasteiger partial charge in [-0.05, 0) is 57.0 Å². The summed E-state index contributed by atoms with van der Waals surface area (Å²) in [6.45, 7) is 8.59. The smallest absolute Gasteiger partial charge is 0.119 e. The highest BCUT2D eigenvalue weighted by Gasteiger charge is 2.38. The second-order valence-electron chi connectivity index (χ2n) is 5.40. The van der Waals surface area contributed by atoms with Crippen molar-refractivity contribution >= 4 is 0 Å². The molecule has 1 saturated heterocycles. The molecular formula is C15H23NO. The number of rotatable bonds is 4. The van der Waals surface area contributed by atoms with Crippen molar-refractivity contribution in [2.75, 3.05) is 20.2 Å². The van der Waals surface area contributed by atoms with Crippen LogP contribution in [-0.2, 0) is 6.42 Å². The van der Waals surface area contributed by atoms with Gasteiger partial charge in [0.25, 0.3) is 0 Å². The zero-order chi connectivity index (χ0) is 12.5.